The number of hydrogen-bond acceptors (Lipinski definition) is 2. The van der Waals surface area contributed by atoms with Gasteiger partial charge < -0.3 is 5.32 Å². The molecule has 2 rings (SSSR count). The van der Waals surface area contributed by atoms with Crippen LogP contribution < -0.4 is 5.32 Å². The first-order valence-electron chi connectivity index (χ1n) is 7.22. The Balaban J connectivity index is 2.53. The monoisotopic (exact) mass is 275 g/mol. The molecule has 1 heterocycles. The molecule has 2 aromatic rings. The number of aromatic nitrogens is 2. The molecule has 0 aliphatic carbocycles. The number of benzene rings is 1. The molecule has 0 aliphatic rings. The van der Waals surface area contributed by atoms with Gasteiger partial charge in [0.05, 0.1) is 5.69 Å². The predicted molar refractivity (Wildman–Crippen MR) is 79.9 cm³/mol. The number of likely N-dealkylation sites (N-methyl/N-ethyl adjacent to an activating group) is 1. The summed E-state index contributed by atoms with van der Waals surface area (Å²) in [5, 5.41) is 7.80. The standard InChI is InChI=1S/C16H22FN3/c1-4-14-12(10-11-18-3)15(5-2)20(19-14)16-9-7-6-8-13(16)17/h6-9,18H,4-5,10-11H2,1-3H3. The minimum atomic E-state index is -0.229. The zero-order chi connectivity index (χ0) is 14.5. The van der Waals surface area contributed by atoms with E-state index in [4.69, 9.17) is 0 Å². The molecule has 108 valence electrons. The molecule has 1 N–H and O–H groups in total. The fourth-order valence-electron chi connectivity index (χ4n) is 2.54. The van der Waals surface area contributed by atoms with E-state index < -0.39 is 0 Å². The van der Waals surface area contributed by atoms with Crippen molar-refractivity contribution in [1.29, 1.82) is 0 Å². The highest BCUT2D eigenvalue weighted by atomic mass is 19.1. The van der Waals surface area contributed by atoms with Gasteiger partial charge in [0.15, 0.2) is 0 Å². The maximum Gasteiger partial charge on any atom is 0.148 e. The van der Waals surface area contributed by atoms with E-state index in [0.717, 1.165) is 37.2 Å². The van der Waals surface area contributed by atoms with E-state index in [9.17, 15) is 4.39 Å². The normalized spacial score (nSPS) is 11.0. The smallest absolute Gasteiger partial charge is 0.148 e. The summed E-state index contributed by atoms with van der Waals surface area (Å²) in [6.45, 7) is 5.09. The zero-order valence-corrected chi connectivity index (χ0v) is 12.4. The van der Waals surface area contributed by atoms with E-state index in [2.05, 4.69) is 24.3 Å². The second-order valence-electron chi connectivity index (χ2n) is 4.80. The van der Waals surface area contributed by atoms with Gasteiger partial charge in [-0.1, -0.05) is 26.0 Å². The van der Waals surface area contributed by atoms with Gasteiger partial charge in [-0.15, -0.1) is 0 Å². The van der Waals surface area contributed by atoms with Crippen LogP contribution in [0.4, 0.5) is 4.39 Å². The number of nitrogens with one attached hydrogen (secondary N) is 1. The molecule has 20 heavy (non-hydrogen) atoms. The van der Waals surface area contributed by atoms with E-state index in [1.54, 1.807) is 16.8 Å². The lowest BCUT2D eigenvalue weighted by Crippen LogP contribution is -2.12. The summed E-state index contributed by atoms with van der Waals surface area (Å²) >= 11 is 0. The maximum absolute atomic E-state index is 14.0. The number of aryl methyl sites for hydroxylation is 1. The van der Waals surface area contributed by atoms with Gasteiger partial charge >= 0.3 is 0 Å². The number of hydrogen-bond donors (Lipinski definition) is 1. The molecule has 1 aromatic heterocycles. The number of nitrogens with zero attached hydrogens (tertiary/aromatic N) is 2. The Bertz CT molecular complexity index is 575. The van der Waals surface area contributed by atoms with Crippen molar-refractivity contribution in [3.05, 3.63) is 47.0 Å². The van der Waals surface area contributed by atoms with E-state index >= 15 is 0 Å². The molecule has 0 radical (unpaired) electrons. The topological polar surface area (TPSA) is 29.9 Å². The Labute approximate surface area is 119 Å². The largest absolute Gasteiger partial charge is 0.319 e. The highest BCUT2D eigenvalue weighted by Gasteiger charge is 2.17. The molecule has 0 saturated heterocycles. The van der Waals surface area contributed by atoms with Crippen molar-refractivity contribution in [3.8, 4) is 5.69 Å². The molecule has 0 unspecified atom stereocenters. The highest BCUT2D eigenvalue weighted by Crippen LogP contribution is 2.22. The Morgan fingerprint density at radius 3 is 2.55 bits per heavy atom. The molecule has 0 atom stereocenters. The van der Waals surface area contributed by atoms with Crippen molar-refractivity contribution in [2.24, 2.45) is 0 Å². The second kappa shape index (κ2) is 6.66. The van der Waals surface area contributed by atoms with Crippen molar-refractivity contribution in [1.82, 2.24) is 15.1 Å². The summed E-state index contributed by atoms with van der Waals surface area (Å²) in [7, 11) is 1.94. The van der Waals surface area contributed by atoms with Crippen molar-refractivity contribution < 1.29 is 4.39 Å². The Kier molecular flexibility index (Phi) is 4.90. The summed E-state index contributed by atoms with van der Waals surface area (Å²) in [4.78, 5) is 0. The van der Waals surface area contributed by atoms with Gasteiger partial charge in [-0.3, -0.25) is 0 Å². The van der Waals surface area contributed by atoms with Crippen LogP contribution in [0.2, 0.25) is 0 Å². The van der Waals surface area contributed by atoms with Gasteiger partial charge in [0.1, 0.15) is 11.5 Å². The van der Waals surface area contributed by atoms with Crippen LogP contribution in [0.25, 0.3) is 5.69 Å². The third kappa shape index (κ3) is 2.75. The van der Waals surface area contributed by atoms with Gasteiger partial charge in [-0.2, -0.15) is 5.10 Å². The van der Waals surface area contributed by atoms with Crippen LogP contribution in [-0.4, -0.2) is 23.4 Å². The lowest BCUT2D eigenvalue weighted by atomic mass is 10.1. The lowest BCUT2D eigenvalue weighted by molar-refractivity contribution is 0.605. The second-order valence-corrected chi connectivity index (χ2v) is 4.80. The van der Waals surface area contributed by atoms with Crippen LogP contribution in [0, 0.1) is 5.82 Å². The summed E-state index contributed by atoms with van der Waals surface area (Å²) in [5.41, 5.74) is 3.98. The molecule has 0 bridgehead atoms. The predicted octanol–water partition coefficient (Wildman–Crippen LogP) is 2.90. The fraction of sp³-hybridized carbons (Fsp3) is 0.438. The van der Waals surface area contributed by atoms with Crippen LogP contribution in [-0.2, 0) is 19.3 Å². The molecular formula is C16H22FN3. The summed E-state index contributed by atoms with van der Waals surface area (Å²) in [6.07, 6.45) is 2.64. The summed E-state index contributed by atoms with van der Waals surface area (Å²) in [6, 6.07) is 6.81. The quantitative estimate of drug-likeness (QED) is 0.878. The highest BCUT2D eigenvalue weighted by molar-refractivity contribution is 5.39. The third-order valence-electron chi connectivity index (χ3n) is 3.55. The Morgan fingerprint density at radius 1 is 1.20 bits per heavy atom. The number of rotatable bonds is 6. The first-order valence-corrected chi connectivity index (χ1v) is 7.22. The molecule has 1 aromatic carbocycles. The lowest BCUT2D eigenvalue weighted by Gasteiger charge is -2.08. The van der Waals surface area contributed by atoms with Gasteiger partial charge in [0, 0.05) is 5.69 Å². The van der Waals surface area contributed by atoms with Crippen LogP contribution in [0.1, 0.15) is 30.8 Å². The first kappa shape index (κ1) is 14.7. The van der Waals surface area contributed by atoms with Crippen LogP contribution in [0.3, 0.4) is 0 Å². The molecule has 3 nitrogen and oxygen atoms in total. The molecule has 0 aliphatic heterocycles. The van der Waals surface area contributed by atoms with Crippen molar-refractivity contribution in [2.45, 2.75) is 33.1 Å². The van der Waals surface area contributed by atoms with Crippen LogP contribution in [0.15, 0.2) is 24.3 Å². The number of para-hydroxylation sites is 1. The Morgan fingerprint density at radius 2 is 1.95 bits per heavy atom. The third-order valence-corrected chi connectivity index (χ3v) is 3.55. The van der Waals surface area contributed by atoms with E-state index in [-0.39, 0.29) is 5.82 Å². The molecule has 4 heteroatoms. The minimum absolute atomic E-state index is 0.229. The molecule has 0 saturated carbocycles. The van der Waals surface area contributed by atoms with Crippen molar-refractivity contribution >= 4 is 0 Å². The SMILES string of the molecule is CCc1nn(-c2ccccc2F)c(CC)c1CCNC. The summed E-state index contributed by atoms with van der Waals surface area (Å²) < 4.78 is 15.8. The fourth-order valence-corrected chi connectivity index (χ4v) is 2.54. The van der Waals surface area contributed by atoms with E-state index in [1.165, 1.54) is 11.6 Å². The Hall–Kier alpha value is -1.68. The average molecular weight is 275 g/mol. The van der Waals surface area contributed by atoms with E-state index in [0.29, 0.717) is 5.69 Å². The van der Waals surface area contributed by atoms with Gasteiger partial charge in [-0.25, -0.2) is 9.07 Å². The first-order chi connectivity index (χ1) is 9.72. The molecule has 0 fully saturated rings. The minimum Gasteiger partial charge on any atom is -0.319 e. The molecule has 0 amide bonds. The summed E-state index contributed by atoms with van der Waals surface area (Å²) in [5.74, 6) is -0.229. The molecule has 0 spiro atoms. The van der Waals surface area contributed by atoms with E-state index in [1.807, 2.05) is 13.1 Å². The average Bonchev–Trinajstić information content (AvgIpc) is 2.83. The zero-order valence-electron chi connectivity index (χ0n) is 12.4. The van der Waals surface area contributed by atoms with Gasteiger partial charge in [0.25, 0.3) is 0 Å². The van der Waals surface area contributed by atoms with Gasteiger partial charge in [-0.05, 0) is 50.6 Å². The van der Waals surface area contributed by atoms with Gasteiger partial charge in [0.2, 0.25) is 0 Å². The van der Waals surface area contributed by atoms with Crippen molar-refractivity contribution in [3.63, 3.8) is 0 Å². The van der Waals surface area contributed by atoms with Crippen LogP contribution in [0.5, 0.6) is 0 Å². The van der Waals surface area contributed by atoms with Crippen molar-refractivity contribution in [2.75, 3.05) is 13.6 Å². The maximum atomic E-state index is 14.0. The number of halogens is 1. The molecular weight excluding hydrogens is 253 g/mol. The van der Waals surface area contributed by atoms with Crippen LogP contribution >= 0.6 is 0 Å².